The predicted octanol–water partition coefficient (Wildman–Crippen LogP) is 8.34. The number of benzene rings is 2. The van der Waals surface area contributed by atoms with Crippen LogP contribution in [0.3, 0.4) is 0 Å². The minimum Gasteiger partial charge on any atom is -0.494 e. The molecule has 3 nitrogen and oxygen atoms in total. The molecule has 0 aliphatic rings. The molecule has 0 saturated heterocycles. The molecule has 0 unspecified atom stereocenters. The van der Waals surface area contributed by atoms with E-state index in [-0.39, 0.29) is 0 Å². The van der Waals surface area contributed by atoms with Crippen molar-refractivity contribution in [2.75, 3.05) is 13.2 Å². The van der Waals surface area contributed by atoms with Crippen LogP contribution >= 0.6 is 0 Å². The first kappa shape index (κ1) is 22.9. The first-order valence-corrected chi connectivity index (χ1v) is 11.6. The number of rotatable bonds is 12. The Bertz CT molecular complexity index is 840. The van der Waals surface area contributed by atoms with E-state index in [0.29, 0.717) is 0 Å². The Kier molecular flexibility index (Phi) is 8.96. The van der Waals surface area contributed by atoms with Crippen LogP contribution < -0.4 is 9.47 Å². The van der Waals surface area contributed by atoms with Crippen LogP contribution in [0.4, 0.5) is 0 Å². The van der Waals surface area contributed by atoms with Gasteiger partial charge in [0.05, 0.1) is 24.3 Å². The van der Waals surface area contributed by atoms with Gasteiger partial charge in [-0.25, -0.2) is 4.42 Å². The summed E-state index contributed by atoms with van der Waals surface area (Å²) in [5.74, 6) is 3.52. The summed E-state index contributed by atoms with van der Waals surface area (Å²) in [4.78, 5) is 0. The third-order valence-corrected chi connectivity index (χ3v) is 5.25. The maximum absolute atomic E-state index is 6.25. The Morgan fingerprint density at radius 1 is 0.613 bits per heavy atom. The molecule has 3 rings (SSSR count). The van der Waals surface area contributed by atoms with Crippen molar-refractivity contribution in [1.29, 1.82) is 0 Å². The Morgan fingerprint density at radius 2 is 1.03 bits per heavy atom. The van der Waals surface area contributed by atoms with Crippen LogP contribution in [-0.2, 0) is 0 Å². The van der Waals surface area contributed by atoms with Crippen molar-refractivity contribution < 1.29 is 13.9 Å². The van der Waals surface area contributed by atoms with E-state index in [0.717, 1.165) is 65.8 Å². The zero-order chi connectivity index (χ0) is 21.9. The lowest BCUT2D eigenvalue weighted by atomic mass is 10.1. The van der Waals surface area contributed by atoms with E-state index in [1.54, 1.807) is 0 Å². The molecule has 0 amide bonds. The number of aryl methyl sites for hydroxylation is 1. The fraction of sp³-hybridized carbons (Fsp3) is 0.393. The molecule has 0 aliphatic carbocycles. The van der Waals surface area contributed by atoms with Crippen LogP contribution in [0.15, 0.2) is 65.1 Å². The molecule has 3 heteroatoms. The van der Waals surface area contributed by atoms with Crippen LogP contribution in [-0.4, -0.2) is 13.2 Å². The molecular formula is C28H35O3+. The van der Waals surface area contributed by atoms with Gasteiger partial charge in [-0.05, 0) is 73.9 Å². The molecule has 0 aliphatic heterocycles. The molecule has 31 heavy (non-hydrogen) atoms. The highest BCUT2D eigenvalue weighted by Crippen LogP contribution is 2.30. The molecule has 1 aromatic heterocycles. The molecule has 0 N–H and O–H groups in total. The van der Waals surface area contributed by atoms with Crippen molar-refractivity contribution in [3.05, 3.63) is 66.2 Å². The van der Waals surface area contributed by atoms with Crippen molar-refractivity contribution in [2.45, 2.75) is 59.3 Å². The van der Waals surface area contributed by atoms with Crippen molar-refractivity contribution in [3.8, 4) is 34.1 Å². The summed E-state index contributed by atoms with van der Waals surface area (Å²) < 4.78 is 17.9. The standard InChI is InChI=1S/C28H35O3/c1-4-6-8-18-29-25-14-10-23(11-15-25)27-20-22(3)21-28(31-27)24-12-16-26(17-13-24)30-19-9-7-5-2/h10-17,20-21H,4-9,18-19H2,1-3H3/q+1. The van der Waals surface area contributed by atoms with Gasteiger partial charge >= 0.3 is 11.5 Å². The maximum Gasteiger partial charge on any atom is 0.361 e. The number of ether oxygens (including phenoxy) is 2. The molecule has 164 valence electrons. The van der Waals surface area contributed by atoms with Gasteiger partial charge in [0.1, 0.15) is 11.5 Å². The molecule has 0 bridgehead atoms. The molecule has 1 heterocycles. The van der Waals surface area contributed by atoms with E-state index in [9.17, 15) is 0 Å². The lowest BCUT2D eigenvalue weighted by Gasteiger charge is -2.06. The Labute approximate surface area is 187 Å². The fourth-order valence-electron chi connectivity index (χ4n) is 3.43. The second-order valence-electron chi connectivity index (χ2n) is 8.02. The van der Waals surface area contributed by atoms with Crippen LogP contribution in [0.5, 0.6) is 11.5 Å². The highest BCUT2D eigenvalue weighted by Gasteiger charge is 2.19. The largest absolute Gasteiger partial charge is 0.494 e. The van der Waals surface area contributed by atoms with E-state index in [4.69, 9.17) is 13.9 Å². The van der Waals surface area contributed by atoms with Gasteiger partial charge in [0.2, 0.25) is 0 Å². The zero-order valence-electron chi connectivity index (χ0n) is 19.2. The summed E-state index contributed by atoms with van der Waals surface area (Å²) in [6, 6.07) is 20.5. The first-order valence-electron chi connectivity index (χ1n) is 11.6. The summed E-state index contributed by atoms with van der Waals surface area (Å²) in [5.41, 5.74) is 3.25. The van der Waals surface area contributed by atoms with Gasteiger partial charge in [0, 0.05) is 12.1 Å². The van der Waals surface area contributed by atoms with Crippen LogP contribution in [0.1, 0.15) is 57.9 Å². The number of hydrogen-bond acceptors (Lipinski definition) is 2. The topological polar surface area (TPSA) is 29.8 Å². The Morgan fingerprint density at radius 3 is 1.42 bits per heavy atom. The summed E-state index contributed by atoms with van der Waals surface area (Å²) in [6.45, 7) is 8.03. The highest BCUT2D eigenvalue weighted by molar-refractivity contribution is 5.65. The van der Waals surface area contributed by atoms with Crippen LogP contribution in [0.25, 0.3) is 22.6 Å². The van der Waals surface area contributed by atoms with Crippen molar-refractivity contribution in [3.63, 3.8) is 0 Å². The van der Waals surface area contributed by atoms with E-state index >= 15 is 0 Å². The van der Waals surface area contributed by atoms with Crippen molar-refractivity contribution >= 4 is 0 Å². The van der Waals surface area contributed by atoms with E-state index in [1.165, 1.54) is 25.7 Å². The third kappa shape index (κ3) is 7.13. The van der Waals surface area contributed by atoms with E-state index < -0.39 is 0 Å². The monoisotopic (exact) mass is 419 g/mol. The van der Waals surface area contributed by atoms with Gasteiger partial charge in [-0.2, -0.15) is 0 Å². The molecular weight excluding hydrogens is 384 g/mol. The van der Waals surface area contributed by atoms with Gasteiger partial charge in [0.25, 0.3) is 0 Å². The van der Waals surface area contributed by atoms with Gasteiger partial charge in [-0.15, -0.1) is 0 Å². The van der Waals surface area contributed by atoms with Gasteiger partial charge < -0.3 is 9.47 Å². The SMILES string of the molecule is CCCCCOc1ccc(-c2cc(C)cc(-c3ccc(OCCCCC)cc3)[o+]2)cc1. The second-order valence-corrected chi connectivity index (χ2v) is 8.02. The molecule has 2 aromatic carbocycles. The average molecular weight is 420 g/mol. The molecule has 0 fully saturated rings. The smallest absolute Gasteiger partial charge is 0.361 e. The zero-order valence-corrected chi connectivity index (χ0v) is 19.2. The van der Waals surface area contributed by atoms with E-state index in [1.807, 2.05) is 24.3 Å². The minimum absolute atomic E-state index is 0.768. The molecule has 0 radical (unpaired) electrons. The van der Waals surface area contributed by atoms with Gasteiger partial charge in [-0.1, -0.05) is 39.5 Å². The number of hydrogen-bond donors (Lipinski definition) is 0. The molecule has 0 spiro atoms. The van der Waals surface area contributed by atoms with Gasteiger partial charge in [0.15, 0.2) is 0 Å². The minimum atomic E-state index is 0.768. The summed E-state index contributed by atoms with van der Waals surface area (Å²) in [6.07, 6.45) is 7.00. The lowest BCUT2D eigenvalue weighted by molar-refractivity contribution is 0.306. The van der Waals surface area contributed by atoms with Crippen LogP contribution in [0.2, 0.25) is 0 Å². The quantitative estimate of drug-likeness (QED) is 0.218. The Hall–Kier alpha value is -2.81. The van der Waals surface area contributed by atoms with Gasteiger partial charge in [-0.3, -0.25) is 0 Å². The van der Waals surface area contributed by atoms with Crippen LogP contribution in [0, 0.1) is 6.92 Å². The summed E-state index contributed by atoms with van der Waals surface area (Å²) >= 11 is 0. The third-order valence-electron chi connectivity index (χ3n) is 5.25. The maximum atomic E-state index is 6.25. The first-order chi connectivity index (χ1) is 15.2. The summed E-state index contributed by atoms with van der Waals surface area (Å²) in [7, 11) is 0. The van der Waals surface area contributed by atoms with E-state index in [2.05, 4.69) is 57.2 Å². The Balaban J connectivity index is 1.68. The average Bonchev–Trinajstić information content (AvgIpc) is 2.80. The molecule has 3 aromatic rings. The number of unbranched alkanes of at least 4 members (excludes halogenated alkanes) is 4. The predicted molar refractivity (Wildman–Crippen MR) is 129 cm³/mol. The molecule has 0 atom stereocenters. The summed E-state index contributed by atoms with van der Waals surface area (Å²) in [5, 5.41) is 0. The van der Waals surface area contributed by atoms with Crippen molar-refractivity contribution in [1.82, 2.24) is 0 Å². The highest BCUT2D eigenvalue weighted by atomic mass is 16.5. The van der Waals surface area contributed by atoms with Crippen molar-refractivity contribution in [2.24, 2.45) is 0 Å². The molecule has 0 saturated carbocycles. The second kappa shape index (κ2) is 12.1. The fourth-order valence-corrected chi connectivity index (χ4v) is 3.43. The normalized spacial score (nSPS) is 10.8. The lowest BCUT2D eigenvalue weighted by Crippen LogP contribution is -1.96.